The van der Waals surface area contributed by atoms with Gasteiger partial charge in [0.2, 0.25) is 0 Å². The fourth-order valence-electron chi connectivity index (χ4n) is 2.74. The Morgan fingerprint density at radius 3 is 2.44 bits per heavy atom. The van der Waals surface area contributed by atoms with Crippen molar-refractivity contribution in [2.24, 2.45) is 0 Å². The molecule has 0 spiro atoms. The third-order valence-corrected chi connectivity index (χ3v) is 4.75. The van der Waals surface area contributed by atoms with Crippen LogP contribution in [0, 0.1) is 6.92 Å². The topological polar surface area (TPSA) is 0 Å². The number of rotatable bonds is 0. The molecule has 0 saturated carbocycles. The van der Waals surface area contributed by atoms with Crippen LogP contribution in [0.1, 0.15) is 5.56 Å². The average molecular weight is 248 g/mol. The Morgan fingerprint density at radius 1 is 0.667 bits per heavy atom. The first-order chi connectivity index (χ1) is 8.84. The van der Waals surface area contributed by atoms with E-state index in [2.05, 4.69) is 61.5 Å². The zero-order chi connectivity index (χ0) is 12.1. The molecule has 1 aromatic heterocycles. The maximum absolute atomic E-state index is 2.26. The average Bonchev–Trinajstić information content (AvgIpc) is 2.77. The van der Waals surface area contributed by atoms with Crippen LogP contribution < -0.4 is 0 Å². The molecule has 4 rings (SSSR count). The number of aryl methyl sites for hydroxylation is 1. The molecule has 0 amide bonds. The molecule has 0 saturated heterocycles. The van der Waals surface area contributed by atoms with E-state index in [0.717, 1.165) is 0 Å². The second-order valence-corrected chi connectivity index (χ2v) is 5.79. The van der Waals surface area contributed by atoms with Crippen molar-refractivity contribution in [3.05, 3.63) is 60.2 Å². The van der Waals surface area contributed by atoms with Crippen molar-refractivity contribution < 1.29 is 0 Å². The molecule has 1 heterocycles. The van der Waals surface area contributed by atoms with Crippen molar-refractivity contribution in [1.29, 1.82) is 0 Å². The Morgan fingerprint density at radius 2 is 1.50 bits per heavy atom. The minimum Gasteiger partial charge on any atom is -0.135 e. The Labute approximate surface area is 109 Å². The lowest BCUT2D eigenvalue weighted by Gasteiger charge is -2.03. The Hall–Kier alpha value is -1.86. The molecule has 4 aromatic rings. The molecule has 0 aliphatic carbocycles. The van der Waals surface area contributed by atoms with E-state index in [1.165, 1.54) is 36.5 Å². The summed E-state index contributed by atoms with van der Waals surface area (Å²) in [5.41, 5.74) is 1.35. The van der Waals surface area contributed by atoms with Gasteiger partial charge in [-0.2, -0.15) is 0 Å². The van der Waals surface area contributed by atoms with Crippen molar-refractivity contribution in [3.63, 3.8) is 0 Å². The lowest BCUT2D eigenvalue weighted by molar-refractivity contribution is 1.54. The maximum Gasteiger partial charge on any atom is 0.0361 e. The molecule has 0 N–H and O–H groups in total. The normalized spacial score (nSPS) is 11.6. The summed E-state index contributed by atoms with van der Waals surface area (Å²) in [6, 6.07) is 19.8. The molecule has 3 aromatic carbocycles. The molecular weight excluding hydrogens is 236 g/mol. The van der Waals surface area contributed by atoms with Gasteiger partial charge in [-0.15, -0.1) is 11.3 Å². The molecule has 0 aliphatic heterocycles. The zero-order valence-electron chi connectivity index (χ0n) is 10.1. The fourth-order valence-corrected chi connectivity index (χ4v) is 3.86. The standard InChI is InChI=1S/C17H12S/c1-11-5-4-7-13-12(11)9-10-16-17(13)14-6-2-3-8-15(14)18-16/h2-10H,1H3. The van der Waals surface area contributed by atoms with Crippen molar-refractivity contribution in [2.75, 3.05) is 0 Å². The van der Waals surface area contributed by atoms with Crippen molar-refractivity contribution in [3.8, 4) is 0 Å². The summed E-state index contributed by atoms with van der Waals surface area (Å²) in [6.07, 6.45) is 0. The summed E-state index contributed by atoms with van der Waals surface area (Å²) in [4.78, 5) is 0. The summed E-state index contributed by atoms with van der Waals surface area (Å²) in [7, 11) is 0. The Balaban J connectivity index is 2.37. The molecule has 0 bridgehead atoms. The highest BCUT2D eigenvalue weighted by Gasteiger charge is 2.08. The molecule has 0 atom stereocenters. The molecule has 0 radical (unpaired) electrons. The van der Waals surface area contributed by atoms with Gasteiger partial charge in [-0.1, -0.05) is 42.5 Å². The first-order valence-electron chi connectivity index (χ1n) is 6.14. The third-order valence-electron chi connectivity index (χ3n) is 3.62. The van der Waals surface area contributed by atoms with Crippen molar-refractivity contribution >= 4 is 42.3 Å². The van der Waals surface area contributed by atoms with Crippen LogP contribution >= 0.6 is 11.3 Å². The maximum atomic E-state index is 2.26. The van der Waals surface area contributed by atoms with E-state index in [1.54, 1.807) is 0 Å². The molecule has 18 heavy (non-hydrogen) atoms. The smallest absolute Gasteiger partial charge is 0.0361 e. The lowest BCUT2D eigenvalue weighted by atomic mass is 10.0. The van der Waals surface area contributed by atoms with Gasteiger partial charge in [-0.3, -0.25) is 0 Å². The highest BCUT2D eigenvalue weighted by atomic mass is 32.1. The molecule has 86 valence electrons. The number of hydrogen-bond donors (Lipinski definition) is 0. The highest BCUT2D eigenvalue weighted by Crippen LogP contribution is 2.38. The van der Waals surface area contributed by atoms with E-state index >= 15 is 0 Å². The number of benzene rings is 3. The number of thiophene rings is 1. The van der Waals surface area contributed by atoms with Crippen LogP contribution in [0.3, 0.4) is 0 Å². The first-order valence-corrected chi connectivity index (χ1v) is 6.96. The minimum absolute atomic E-state index is 1.35. The third kappa shape index (κ3) is 1.25. The number of fused-ring (bicyclic) bond motifs is 5. The number of hydrogen-bond acceptors (Lipinski definition) is 1. The largest absolute Gasteiger partial charge is 0.135 e. The zero-order valence-corrected chi connectivity index (χ0v) is 10.9. The van der Waals surface area contributed by atoms with Gasteiger partial charge in [-0.05, 0) is 35.4 Å². The predicted octanol–water partition coefficient (Wildman–Crippen LogP) is 5.52. The molecule has 1 heteroatoms. The first kappa shape index (κ1) is 10.1. The van der Waals surface area contributed by atoms with Crippen LogP contribution in [0.5, 0.6) is 0 Å². The Kier molecular flexibility index (Phi) is 2.00. The minimum atomic E-state index is 1.35. The molecule has 0 aliphatic rings. The van der Waals surface area contributed by atoms with Gasteiger partial charge < -0.3 is 0 Å². The van der Waals surface area contributed by atoms with Crippen LogP contribution in [0.4, 0.5) is 0 Å². The molecule has 0 nitrogen and oxygen atoms in total. The van der Waals surface area contributed by atoms with Crippen molar-refractivity contribution in [2.45, 2.75) is 6.92 Å². The SMILES string of the molecule is Cc1cccc2c1ccc1sc3ccccc3c12. The summed E-state index contributed by atoms with van der Waals surface area (Å²) < 4.78 is 2.76. The summed E-state index contributed by atoms with van der Waals surface area (Å²) >= 11 is 1.88. The van der Waals surface area contributed by atoms with E-state index < -0.39 is 0 Å². The van der Waals surface area contributed by atoms with E-state index in [-0.39, 0.29) is 0 Å². The van der Waals surface area contributed by atoms with Gasteiger partial charge in [0.1, 0.15) is 0 Å². The summed E-state index contributed by atoms with van der Waals surface area (Å²) in [5.74, 6) is 0. The molecule has 0 fully saturated rings. The van der Waals surface area contributed by atoms with Crippen LogP contribution in [0.15, 0.2) is 54.6 Å². The predicted molar refractivity (Wildman–Crippen MR) is 81.6 cm³/mol. The van der Waals surface area contributed by atoms with Crippen LogP contribution in [0.25, 0.3) is 30.9 Å². The van der Waals surface area contributed by atoms with E-state index in [0.29, 0.717) is 0 Å². The van der Waals surface area contributed by atoms with Gasteiger partial charge in [0.15, 0.2) is 0 Å². The van der Waals surface area contributed by atoms with Gasteiger partial charge in [-0.25, -0.2) is 0 Å². The summed E-state index contributed by atoms with van der Waals surface area (Å²) in [6.45, 7) is 2.18. The Bertz CT molecular complexity index is 884. The van der Waals surface area contributed by atoms with E-state index in [4.69, 9.17) is 0 Å². The van der Waals surface area contributed by atoms with Gasteiger partial charge in [0.05, 0.1) is 0 Å². The highest BCUT2D eigenvalue weighted by molar-refractivity contribution is 7.26. The van der Waals surface area contributed by atoms with Gasteiger partial charge in [0.25, 0.3) is 0 Å². The van der Waals surface area contributed by atoms with Gasteiger partial charge >= 0.3 is 0 Å². The monoisotopic (exact) mass is 248 g/mol. The molecular formula is C17H12S. The lowest BCUT2D eigenvalue weighted by Crippen LogP contribution is -1.78. The van der Waals surface area contributed by atoms with Crippen LogP contribution in [0.2, 0.25) is 0 Å². The van der Waals surface area contributed by atoms with Crippen molar-refractivity contribution in [1.82, 2.24) is 0 Å². The van der Waals surface area contributed by atoms with E-state index in [9.17, 15) is 0 Å². The van der Waals surface area contributed by atoms with E-state index in [1.807, 2.05) is 11.3 Å². The van der Waals surface area contributed by atoms with Crippen LogP contribution in [-0.4, -0.2) is 0 Å². The quantitative estimate of drug-likeness (QED) is 0.384. The second kappa shape index (κ2) is 3.56. The van der Waals surface area contributed by atoms with Gasteiger partial charge in [0, 0.05) is 20.2 Å². The second-order valence-electron chi connectivity index (χ2n) is 4.71. The fraction of sp³-hybridized carbons (Fsp3) is 0.0588. The van der Waals surface area contributed by atoms with Crippen LogP contribution in [-0.2, 0) is 0 Å². The molecule has 0 unspecified atom stereocenters. The summed E-state index contributed by atoms with van der Waals surface area (Å²) in [5, 5.41) is 5.55.